The molecule has 0 saturated carbocycles. The number of hydrogen-bond acceptors (Lipinski definition) is 2. The van der Waals surface area contributed by atoms with Gasteiger partial charge in [-0.2, -0.15) is 0 Å². The summed E-state index contributed by atoms with van der Waals surface area (Å²) >= 11 is 0. The highest BCUT2D eigenvalue weighted by molar-refractivity contribution is 5.77. The molecule has 0 aliphatic rings. The highest BCUT2D eigenvalue weighted by Gasteiger charge is 1.95. The Hall–Kier alpha value is -0.370. The van der Waals surface area contributed by atoms with Gasteiger partial charge in [-0.25, -0.2) is 0 Å². The maximum absolute atomic E-state index is 10.7. The summed E-state index contributed by atoms with van der Waals surface area (Å²) in [5.41, 5.74) is 0. The first-order valence-electron chi connectivity index (χ1n) is 3.90. The third-order valence-corrected chi connectivity index (χ3v) is 1.34. The molecule has 0 N–H and O–H groups in total. The van der Waals surface area contributed by atoms with Crippen LogP contribution in [0.1, 0.15) is 33.1 Å². The second kappa shape index (κ2) is 6.75. The number of hydrogen-bond donors (Lipinski definition) is 0. The van der Waals surface area contributed by atoms with Crippen molar-refractivity contribution in [3.63, 3.8) is 0 Å². The fourth-order valence-corrected chi connectivity index (χ4v) is 0.693. The number of ether oxygens (including phenoxy) is 1. The van der Waals surface area contributed by atoms with Gasteiger partial charge in [0.2, 0.25) is 0 Å². The van der Waals surface area contributed by atoms with Gasteiger partial charge in [-0.1, -0.05) is 6.92 Å². The van der Waals surface area contributed by atoms with Gasteiger partial charge in [0.25, 0.3) is 0 Å². The summed E-state index contributed by atoms with van der Waals surface area (Å²) in [5.74, 6) is 0.333. The van der Waals surface area contributed by atoms with Crippen molar-refractivity contribution in [1.82, 2.24) is 0 Å². The lowest BCUT2D eigenvalue weighted by atomic mass is 10.2. The van der Waals surface area contributed by atoms with Crippen LogP contribution in [0.15, 0.2) is 0 Å². The second-order valence-corrected chi connectivity index (χ2v) is 2.19. The first-order chi connectivity index (χ1) is 4.81. The molecule has 2 heteroatoms. The first-order valence-corrected chi connectivity index (χ1v) is 3.90. The predicted molar refractivity (Wildman–Crippen MR) is 41.0 cm³/mol. The molecule has 0 amide bonds. The fraction of sp³-hybridized carbons (Fsp3) is 0.875. The molecule has 0 aromatic carbocycles. The molecule has 0 unspecified atom stereocenters. The molecule has 0 atom stereocenters. The van der Waals surface area contributed by atoms with Crippen LogP contribution in [-0.2, 0) is 9.53 Å². The monoisotopic (exact) mass is 144 g/mol. The lowest BCUT2D eigenvalue weighted by molar-refractivity contribution is -0.119. The quantitative estimate of drug-likeness (QED) is 0.531. The van der Waals surface area contributed by atoms with Crippen molar-refractivity contribution in [2.45, 2.75) is 33.1 Å². The van der Waals surface area contributed by atoms with E-state index in [1.807, 2.05) is 13.8 Å². The van der Waals surface area contributed by atoms with Crippen LogP contribution in [0.2, 0.25) is 0 Å². The average Bonchev–Trinajstić information content (AvgIpc) is 1.98. The molecule has 0 aliphatic carbocycles. The summed E-state index contributed by atoms with van der Waals surface area (Å²) < 4.78 is 5.08. The summed E-state index contributed by atoms with van der Waals surface area (Å²) in [6.45, 7) is 5.33. The maximum atomic E-state index is 10.7. The Balaban J connectivity index is 2.96. The van der Waals surface area contributed by atoms with Crippen molar-refractivity contribution in [2.24, 2.45) is 0 Å². The molecular formula is C8H16O2. The number of carbonyl (C=O) groups is 1. The van der Waals surface area contributed by atoms with E-state index in [4.69, 9.17) is 4.74 Å². The minimum absolute atomic E-state index is 0.333. The highest BCUT2D eigenvalue weighted by atomic mass is 16.5. The highest BCUT2D eigenvalue weighted by Crippen LogP contribution is 1.94. The van der Waals surface area contributed by atoms with Crippen molar-refractivity contribution in [3.05, 3.63) is 0 Å². The Kier molecular flexibility index (Phi) is 6.50. The summed E-state index contributed by atoms with van der Waals surface area (Å²) in [4.78, 5) is 10.7. The number of rotatable bonds is 6. The van der Waals surface area contributed by atoms with E-state index in [0.717, 1.165) is 19.6 Å². The molecule has 2 nitrogen and oxygen atoms in total. The topological polar surface area (TPSA) is 26.3 Å². The molecule has 0 saturated heterocycles. The molecule has 0 bridgehead atoms. The molecule has 60 valence electrons. The van der Waals surface area contributed by atoms with E-state index < -0.39 is 0 Å². The zero-order chi connectivity index (χ0) is 7.82. The van der Waals surface area contributed by atoms with E-state index in [2.05, 4.69) is 0 Å². The Morgan fingerprint density at radius 3 is 2.60 bits per heavy atom. The molecule has 10 heavy (non-hydrogen) atoms. The predicted octanol–water partition coefficient (Wildman–Crippen LogP) is 1.78. The minimum Gasteiger partial charge on any atom is -0.382 e. The van der Waals surface area contributed by atoms with Crippen LogP contribution in [-0.4, -0.2) is 19.0 Å². The van der Waals surface area contributed by atoms with Crippen LogP contribution in [0.25, 0.3) is 0 Å². The van der Waals surface area contributed by atoms with Crippen molar-refractivity contribution in [3.8, 4) is 0 Å². The zero-order valence-corrected chi connectivity index (χ0v) is 6.85. The van der Waals surface area contributed by atoms with E-state index >= 15 is 0 Å². The SMILES string of the molecule is CCOCCCC(=O)CC. The van der Waals surface area contributed by atoms with Gasteiger partial charge >= 0.3 is 0 Å². The van der Waals surface area contributed by atoms with E-state index in [9.17, 15) is 4.79 Å². The van der Waals surface area contributed by atoms with E-state index in [-0.39, 0.29) is 0 Å². The zero-order valence-electron chi connectivity index (χ0n) is 6.85. The van der Waals surface area contributed by atoms with Crippen molar-refractivity contribution in [1.29, 1.82) is 0 Å². The minimum atomic E-state index is 0.333. The lowest BCUT2D eigenvalue weighted by Gasteiger charge is -1.98. The Morgan fingerprint density at radius 1 is 1.40 bits per heavy atom. The van der Waals surface area contributed by atoms with Gasteiger partial charge in [-0.15, -0.1) is 0 Å². The first kappa shape index (κ1) is 9.63. The number of ketones is 1. The number of Topliss-reactive ketones (excluding diaryl/α,β-unsaturated/α-hetero) is 1. The average molecular weight is 144 g/mol. The van der Waals surface area contributed by atoms with E-state index in [1.165, 1.54) is 0 Å². The molecular weight excluding hydrogens is 128 g/mol. The van der Waals surface area contributed by atoms with E-state index in [0.29, 0.717) is 18.6 Å². The van der Waals surface area contributed by atoms with Gasteiger partial charge in [-0.05, 0) is 13.3 Å². The molecule has 0 heterocycles. The van der Waals surface area contributed by atoms with Gasteiger partial charge in [-0.3, -0.25) is 4.79 Å². The summed E-state index contributed by atoms with van der Waals surface area (Å²) in [5, 5.41) is 0. The third kappa shape index (κ3) is 5.76. The summed E-state index contributed by atoms with van der Waals surface area (Å²) in [6, 6.07) is 0. The molecule has 0 radical (unpaired) electrons. The van der Waals surface area contributed by atoms with Crippen LogP contribution in [0.3, 0.4) is 0 Å². The largest absolute Gasteiger partial charge is 0.382 e. The van der Waals surface area contributed by atoms with Gasteiger partial charge in [0.05, 0.1) is 0 Å². The summed E-state index contributed by atoms with van der Waals surface area (Å²) in [7, 11) is 0. The van der Waals surface area contributed by atoms with Gasteiger partial charge < -0.3 is 4.74 Å². The summed E-state index contributed by atoms with van der Waals surface area (Å²) in [6.07, 6.45) is 2.21. The molecule has 0 aromatic heterocycles. The van der Waals surface area contributed by atoms with Crippen LogP contribution < -0.4 is 0 Å². The van der Waals surface area contributed by atoms with Crippen LogP contribution in [0.5, 0.6) is 0 Å². The van der Waals surface area contributed by atoms with E-state index in [1.54, 1.807) is 0 Å². The van der Waals surface area contributed by atoms with Crippen LogP contribution >= 0.6 is 0 Å². The Bertz CT molecular complexity index is 89.3. The van der Waals surface area contributed by atoms with Crippen molar-refractivity contribution in [2.75, 3.05) is 13.2 Å². The molecule has 0 aliphatic heterocycles. The standard InChI is InChI=1S/C8H16O2/c1-3-8(9)6-5-7-10-4-2/h3-7H2,1-2H3. The van der Waals surface area contributed by atoms with Crippen molar-refractivity contribution >= 4 is 5.78 Å². The Labute approximate surface area is 62.6 Å². The molecule has 0 fully saturated rings. The van der Waals surface area contributed by atoms with Crippen LogP contribution in [0.4, 0.5) is 0 Å². The maximum Gasteiger partial charge on any atom is 0.132 e. The fourth-order valence-electron chi connectivity index (χ4n) is 0.693. The number of carbonyl (C=O) groups excluding carboxylic acids is 1. The lowest BCUT2D eigenvalue weighted by Crippen LogP contribution is -1.99. The molecule has 0 rings (SSSR count). The molecule has 0 spiro atoms. The third-order valence-electron chi connectivity index (χ3n) is 1.34. The molecule has 0 aromatic rings. The van der Waals surface area contributed by atoms with Crippen molar-refractivity contribution < 1.29 is 9.53 Å². The van der Waals surface area contributed by atoms with Gasteiger partial charge in [0, 0.05) is 26.1 Å². The van der Waals surface area contributed by atoms with Gasteiger partial charge in [0.1, 0.15) is 5.78 Å². The smallest absolute Gasteiger partial charge is 0.132 e. The Morgan fingerprint density at radius 2 is 2.10 bits per heavy atom. The normalized spacial score (nSPS) is 9.80. The second-order valence-electron chi connectivity index (χ2n) is 2.19. The van der Waals surface area contributed by atoms with Gasteiger partial charge in [0.15, 0.2) is 0 Å². The van der Waals surface area contributed by atoms with Crippen LogP contribution in [0, 0.1) is 0 Å².